The number of benzene rings is 1. The number of hydrogen-bond acceptors (Lipinski definition) is 10. The zero-order chi connectivity index (χ0) is 30.8. The fourth-order valence-corrected chi connectivity index (χ4v) is 6.76. The Hall–Kier alpha value is -4.20. The highest BCUT2D eigenvalue weighted by Gasteiger charge is 2.37. The van der Waals surface area contributed by atoms with Crippen LogP contribution in [0.4, 0.5) is 15.9 Å². The number of nitrogens with zero attached hydrogens (tertiary/aromatic N) is 7. The van der Waals surface area contributed by atoms with Crippen molar-refractivity contribution in [3.63, 3.8) is 0 Å². The van der Waals surface area contributed by atoms with Crippen LogP contribution < -0.4 is 15.5 Å². The molecule has 0 atom stereocenters. The Labute approximate surface area is 259 Å². The van der Waals surface area contributed by atoms with Gasteiger partial charge in [0.05, 0.1) is 34.5 Å². The molecule has 3 aromatic heterocycles. The Morgan fingerprint density at radius 1 is 1.05 bits per heavy atom. The summed E-state index contributed by atoms with van der Waals surface area (Å²) in [5.74, 6) is -0.181. The molecule has 2 amide bonds. The summed E-state index contributed by atoms with van der Waals surface area (Å²) in [4.78, 5) is 48.5. The molecule has 0 spiro atoms. The predicted octanol–water partition coefficient (Wildman–Crippen LogP) is 4.24. The van der Waals surface area contributed by atoms with Crippen LogP contribution in [0.3, 0.4) is 0 Å². The number of thiazole rings is 1. The molecule has 4 aromatic rings. The quantitative estimate of drug-likeness (QED) is 0.294. The Kier molecular flexibility index (Phi) is 8.43. The topological polar surface area (TPSA) is 151 Å². The molecule has 2 fully saturated rings. The standard InChI is InChI=1S/C31H36N8O4S/c1-3-39(28(32)42)30-36-25-15-21(22-17-34-29(35-18-22)38-8-6-31(2,7-9-38)27(40)41)14-23(26(25)44-30)24-5-4-20(16-33-24)19-37-10-12-43-13-11-37/h4-5,14-18H,3,6-13,19H2,1-2H3,(H2,32,42)(H,40,41). The number of ether oxygens (including phenoxy) is 1. The summed E-state index contributed by atoms with van der Waals surface area (Å²) in [7, 11) is 0. The highest BCUT2D eigenvalue weighted by molar-refractivity contribution is 7.23. The van der Waals surface area contributed by atoms with E-state index in [0.29, 0.717) is 43.6 Å². The summed E-state index contributed by atoms with van der Waals surface area (Å²) >= 11 is 1.41. The van der Waals surface area contributed by atoms with Crippen molar-refractivity contribution in [1.29, 1.82) is 0 Å². The summed E-state index contributed by atoms with van der Waals surface area (Å²) in [6, 6.07) is 7.61. The van der Waals surface area contributed by atoms with Gasteiger partial charge in [-0.15, -0.1) is 0 Å². The first-order valence-corrected chi connectivity index (χ1v) is 15.6. The van der Waals surface area contributed by atoms with Crippen molar-refractivity contribution in [1.82, 2.24) is 24.8 Å². The lowest BCUT2D eigenvalue weighted by molar-refractivity contribution is -0.149. The van der Waals surface area contributed by atoms with Crippen molar-refractivity contribution in [3.8, 4) is 22.4 Å². The molecular weight excluding hydrogens is 580 g/mol. The number of nitrogens with two attached hydrogens (primary N) is 1. The molecule has 13 heteroatoms. The highest BCUT2D eigenvalue weighted by Crippen LogP contribution is 2.39. The number of morpholine rings is 1. The van der Waals surface area contributed by atoms with Crippen molar-refractivity contribution >= 4 is 44.6 Å². The minimum atomic E-state index is -0.760. The van der Waals surface area contributed by atoms with E-state index in [-0.39, 0.29) is 0 Å². The smallest absolute Gasteiger partial charge is 0.321 e. The molecule has 2 aliphatic heterocycles. The van der Waals surface area contributed by atoms with Gasteiger partial charge in [0.25, 0.3) is 0 Å². The molecule has 3 N–H and O–H groups in total. The lowest BCUT2D eigenvalue weighted by atomic mass is 9.80. The monoisotopic (exact) mass is 616 g/mol. The number of hydrogen-bond donors (Lipinski definition) is 2. The van der Waals surface area contributed by atoms with Gasteiger partial charge in [-0.2, -0.15) is 0 Å². The molecule has 0 aliphatic carbocycles. The summed E-state index contributed by atoms with van der Waals surface area (Å²) in [5, 5.41) is 10.1. The first-order valence-electron chi connectivity index (χ1n) is 14.8. The Balaban J connectivity index is 1.32. The molecule has 0 saturated carbocycles. The van der Waals surface area contributed by atoms with E-state index < -0.39 is 17.4 Å². The number of carboxylic acid groups (broad SMARTS) is 1. The van der Waals surface area contributed by atoms with E-state index in [1.165, 1.54) is 16.2 Å². The van der Waals surface area contributed by atoms with Gasteiger partial charge in [0, 0.05) is 69.0 Å². The summed E-state index contributed by atoms with van der Waals surface area (Å²) in [5.41, 5.74) is 10.2. The lowest BCUT2D eigenvalue weighted by Crippen LogP contribution is -2.43. The van der Waals surface area contributed by atoms with Gasteiger partial charge in [-0.3, -0.25) is 19.6 Å². The molecule has 0 unspecified atom stereocenters. The van der Waals surface area contributed by atoms with Crippen molar-refractivity contribution in [2.75, 3.05) is 55.7 Å². The summed E-state index contributed by atoms with van der Waals surface area (Å²) < 4.78 is 6.38. The molecule has 5 heterocycles. The third-order valence-electron chi connectivity index (χ3n) is 8.54. The van der Waals surface area contributed by atoms with Crippen LogP contribution in [-0.2, 0) is 16.1 Å². The minimum absolute atomic E-state index is 0.406. The number of amides is 2. The van der Waals surface area contributed by atoms with Gasteiger partial charge in [-0.05, 0) is 56.0 Å². The third-order valence-corrected chi connectivity index (χ3v) is 9.67. The Morgan fingerprint density at radius 2 is 1.77 bits per heavy atom. The average Bonchev–Trinajstić information content (AvgIpc) is 3.46. The first kappa shape index (κ1) is 29.9. The molecule has 6 rings (SSSR count). The van der Waals surface area contributed by atoms with Crippen molar-refractivity contribution in [3.05, 3.63) is 48.4 Å². The Bertz CT molecular complexity index is 1650. The van der Waals surface area contributed by atoms with Crippen LogP contribution in [0.25, 0.3) is 32.6 Å². The van der Waals surface area contributed by atoms with Crippen molar-refractivity contribution in [2.45, 2.75) is 33.2 Å². The summed E-state index contributed by atoms with van der Waals surface area (Å²) in [6.45, 7) is 9.35. The van der Waals surface area contributed by atoms with E-state index in [1.807, 2.05) is 30.2 Å². The zero-order valence-corrected chi connectivity index (χ0v) is 25.7. The van der Waals surface area contributed by atoms with Gasteiger partial charge >= 0.3 is 12.0 Å². The number of primary amides is 1. The van der Waals surface area contributed by atoms with Crippen molar-refractivity contribution in [2.24, 2.45) is 11.1 Å². The second kappa shape index (κ2) is 12.4. The van der Waals surface area contributed by atoms with E-state index in [2.05, 4.69) is 27.0 Å². The van der Waals surface area contributed by atoms with Gasteiger partial charge in [0.2, 0.25) is 5.95 Å². The molecule has 1 aromatic carbocycles. The molecule has 44 heavy (non-hydrogen) atoms. The number of aromatic nitrogens is 4. The molecular formula is C31H36N8O4S. The van der Waals surface area contributed by atoms with Gasteiger partial charge in [0.1, 0.15) is 0 Å². The number of pyridine rings is 1. The molecule has 0 radical (unpaired) electrons. The SMILES string of the molecule is CCN(C(N)=O)c1nc2cc(-c3cnc(N4CCC(C)(C(=O)O)CC4)nc3)cc(-c3ccc(CN4CCOCC4)cn3)c2s1. The maximum absolute atomic E-state index is 12.1. The fourth-order valence-electron chi connectivity index (χ4n) is 5.62. The van der Waals surface area contributed by atoms with Crippen LogP contribution in [0.2, 0.25) is 0 Å². The number of anilines is 2. The molecule has 230 valence electrons. The number of urea groups is 1. The van der Waals surface area contributed by atoms with Gasteiger partial charge in [0.15, 0.2) is 5.13 Å². The zero-order valence-electron chi connectivity index (χ0n) is 24.9. The van der Waals surface area contributed by atoms with Gasteiger partial charge in [-0.1, -0.05) is 17.4 Å². The minimum Gasteiger partial charge on any atom is -0.481 e. The van der Waals surface area contributed by atoms with Crippen LogP contribution in [-0.4, -0.2) is 87.9 Å². The normalized spacial score (nSPS) is 17.1. The van der Waals surface area contributed by atoms with Crippen LogP contribution in [0.5, 0.6) is 0 Å². The van der Waals surface area contributed by atoms with Crippen molar-refractivity contribution < 1.29 is 19.4 Å². The maximum atomic E-state index is 12.1. The number of carbonyl (C=O) groups excluding carboxylic acids is 1. The van der Waals surface area contributed by atoms with Crippen LogP contribution in [0.1, 0.15) is 32.3 Å². The molecule has 0 bridgehead atoms. The fraction of sp³-hybridized carbons (Fsp3) is 0.419. The molecule has 2 aliphatic rings. The highest BCUT2D eigenvalue weighted by atomic mass is 32.1. The number of aliphatic carboxylic acids is 1. The number of carbonyl (C=O) groups is 2. The summed E-state index contributed by atoms with van der Waals surface area (Å²) in [6.07, 6.45) is 6.56. The Morgan fingerprint density at radius 3 is 2.39 bits per heavy atom. The van der Waals surface area contributed by atoms with Crippen LogP contribution in [0.15, 0.2) is 42.9 Å². The average molecular weight is 617 g/mol. The van der Waals surface area contributed by atoms with E-state index in [0.717, 1.165) is 71.0 Å². The van der Waals surface area contributed by atoms with Crippen LogP contribution in [0, 0.1) is 5.41 Å². The first-order chi connectivity index (χ1) is 21.2. The third kappa shape index (κ3) is 6.07. The van der Waals surface area contributed by atoms with Gasteiger partial charge < -0.3 is 20.5 Å². The maximum Gasteiger partial charge on any atom is 0.321 e. The number of piperidine rings is 1. The largest absolute Gasteiger partial charge is 0.481 e. The predicted molar refractivity (Wildman–Crippen MR) is 170 cm³/mol. The molecule has 2 saturated heterocycles. The van der Waals surface area contributed by atoms with E-state index in [1.54, 1.807) is 19.3 Å². The number of fused-ring (bicyclic) bond motifs is 1. The van der Waals surface area contributed by atoms with E-state index in [4.69, 9.17) is 20.4 Å². The van der Waals surface area contributed by atoms with Crippen LogP contribution >= 0.6 is 11.3 Å². The van der Waals surface area contributed by atoms with Gasteiger partial charge in [-0.25, -0.2) is 19.7 Å². The second-order valence-corrected chi connectivity index (χ2v) is 12.5. The number of rotatable bonds is 8. The number of carboxylic acids is 1. The second-order valence-electron chi connectivity index (χ2n) is 11.5. The van der Waals surface area contributed by atoms with E-state index in [9.17, 15) is 14.7 Å². The lowest BCUT2D eigenvalue weighted by Gasteiger charge is -2.36. The van der Waals surface area contributed by atoms with E-state index >= 15 is 0 Å². The molecule has 12 nitrogen and oxygen atoms in total.